The standard InChI is InChI=1S/C33H23N5O/c1-39-24-15-17-34-33(21-24)38-30-10-5-3-8-26(30)28-14-12-23(20-32(28)38)37-29-9-4-2-7-25(29)27-13-11-22(19-31(27)37)36-18-6-16-35-36/h2-21H,1H3. The van der Waals surface area contributed by atoms with Gasteiger partial charge in [0.05, 0.1) is 34.9 Å². The molecule has 4 aromatic carbocycles. The summed E-state index contributed by atoms with van der Waals surface area (Å²) in [5.74, 6) is 1.59. The van der Waals surface area contributed by atoms with Gasteiger partial charge in [0.2, 0.25) is 0 Å². The van der Waals surface area contributed by atoms with E-state index >= 15 is 0 Å². The van der Waals surface area contributed by atoms with E-state index in [1.54, 1.807) is 19.5 Å². The largest absolute Gasteiger partial charge is 0.497 e. The van der Waals surface area contributed by atoms with Crippen molar-refractivity contribution in [3.63, 3.8) is 0 Å². The number of hydrogen-bond acceptors (Lipinski definition) is 3. The molecule has 8 aromatic rings. The maximum absolute atomic E-state index is 5.53. The summed E-state index contributed by atoms with van der Waals surface area (Å²) < 4.78 is 12.0. The van der Waals surface area contributed by atoms with E-state index in [0.717, 1.165) is 45.0 Å². The Bertz CT molecular complexity index is 2170. The number of hydrogen-bond donors (Lipinski definition) is 0. The zero-order valence-electron chi connectivity index (χ0n) is 21.2. The van der Waals surface area contributed by atoms with E-state index in [0.29, 0.717) is 0 Å². The maximum Gasteiger partial charge on any atom is 0.141 e. The Morgan fingerprint density at radius 2 is 1.21 bits per heavy atom. The zero-order valence-corrected chi connectivity index (χ0v) is 21.2. The monoisotopic (exact) mass is 505 g/mol. The van der Waals surface area contributed by atoms with Gasteiger partial charge >= 0.3 is 0 Å². The van der Waals surface area contributed by atoms with Crippen LogP contribution in [0.5, 0.6) is 5.75 Å². The molecule has 0 atom stereocenters. The molecule has 0 saturated heterocycles. The van der Waals surface area contributed by atoms with Crippen LogP contribution < -0.4 is 4.74 Å². The molecule has 0 N–H and O–H groups in total. The molecule has 0 spiro atoms. The second-order valence-corrected chi connectivity index (χ2v) is 9.61. The first-order valence-corrected chi connectivity index (χ1v) is 12.9. The lowest BCUT2D eigenvalue weighted by Crippen LogP contribution is -2.00. The van der Waals surface area contributed by atoms with Gasteiger partial charge in [-0.25, -0.2) is 9.67 Å². The van der Waals surface area contributed by atoms with Crippen LogP contribution in [0, 0.1) is 0 Å². The number of fused-ring (bicyclic) bond motifs is 6. The fourth-order valence-electron chi connectivity index (χ4n) is 5.79. The second-order valence-electron chi connectivity index (χ2n) is 9.61. The van der Waals surface area contributed by atoms with Crippen molar-refractivity contribution >= 4 is 43.6 Å². The molecule has 39 heavy (non-hydrogen) atoms. The molecule has 186 valence electrons. The average molecular weight is 506 g/mol. The highest BCUT2D eigenvalue weighted by Crippen LogP contribution is 2.37. The highest BCUT2D eigenvalue weighted by molar-refractivity contribution is 6.12. The third-order valence-electron chi connectivity index (χ3n) is 7.52. The van der Waals surface area contributed by atoms with Crippen molar-refractivity contribution in [3.05, 3.63) is 122 Å². The first-order valence-electron chi connectivity index (χ1n) is 12.9. The van der Waals surface area contributed by atoms with Crippen LogP contribution in [0.2, 0.25) is 0 Å². The van der Waals surface area contributed by atoms with Crippen LogP contribution in [0.3, 0.4) is 0 Å². The minimum absolute atomic E-state index is 0.774. The lowest BCUT2D eigenvalue weighted by molar-refractivity contribution is 0.414. The number of para-hydroxylation sites is 2. The SMILES string of the molecule is COc1ccnc(-n2c3ccccc3c3ccc(-n4c5ccccc5c5ccc(-n6cccn6)cc54)cc32)c1. The van der Waals surface area contributed by atoms with Gasteiger partial charge in [0.1, 0.15) is 11.6 Å². The van der Waals surface area contributed by atoms with E-state index in [1.165, 1.54) is 21.5 Å². The Balaban J connectivity index is 1.46. The minimum Gasteiger partial charge on any atom is -0.497 e. The molecule has 0 aliphatic carbocycles. The molecule has 0 aliphatic heterocycles. The Hall–Kier alpha value is -5.36. The predicted octanol–water partition coefficient (Wildman–Crippen LogP) is 7.47. The summed E-state index contributed by atoms with van der Waals surface area (Å²) in [6.07, 6.45) is 5.57. The molecule has 0 amide bonds. The summed E-state index contributed by atoms with van der Waals surface area (Å²) in [6, 6.07) is 36.1. The minimum atomic E-state index is 0.774. The van der Waals surface area contributed by atoms with Crippen LogP contribution >= 0.6 is 0 Å². The normalized spacial score (nSPS) is 11.7. The summed E-state index contributed by atoms with van der Waals surface area (Å²) in [6.45, 7) is 0. The van der Waals surface area contributed by atoms with Gasteiger partial charge in [-0.2, -0.15) is 5.10 Å². The van der Waals surface area contributed by atoms with Crippen LogP contribution in [-0.4, -0.2) is 31.0 Å². The number of rotatable bonds is 4. The van der Waals surface area contributed by atoms with E-state index in [9.17, 15) is 0 Å². The molecule has 0 radical (unpaired) electrons. The van der Waals surface area contributed by atoms with Gasteiger partial charge in [-0.3, -0.25) is 4.57 Å². The van der Waals surface area contributed by atoms with Crippen LogP contribution in [0.15, 0.2) is 122 Å². The molecule has 0 bridgehead atoms. The fraction of sp³-hybridized carbons (Fsp3) is 0.0303. The molecule has 0 aliphatic rings. The Labute approximate surface area is 223 Å². The average Bonchev–Trinajstić information content (AvgIpc) is 3.72. The highest BCUT2D eigenvalue weighted by atomic mass is 16.5. The topological polar surface area (TPSA) is 49.8 Å². The number of nitrogens with zero attached hydrogens (tertiary/aromatic N) is 5. The lowest BCUT2D eigenvalue weighted by atomic mass is 10.1. The number of ether oxygens (including phenoxy) is 1. The van der Waals surface area contributed by atoms with E-state index in [1.807, 2.05) is 29.1 Å². The van der Waals surface area contributed by atoms with Gasteiger partial charge in [0, 0.05) is 51.9 Å². The summed E-state index contributed by atoms with van der Waals surface area (Å²) in [4.78, 5) is 4.73. The molecule has 8 rings (SSSR count). The third kappa shape index (κ3) is 3.21. The summed E-state index contributed by atoms with van der Waals surface area (Å²) in [7, 11) is 1.68. The molecular weight excluding hydrogens is 482 g/mol. The Kier molecular flexibility index (Phi) is 4.63. The van der Waals surface area contributed by atoms with Crippen molar-refractivity contribution in [2.75, 3.05) is 7.11 Å². The van der Waals surface area contributed by atoms with E-state index in [-0.39, 0.29) is 0 Å². The van der Waals surface area contributed by atoms with Crippen molar-refractivity contribution in [2.45, 2.75) is 0 Å². The molecular formula is C33H23N5O. The van der Waals surface area contributed by atoms with Gasteiger partial charge in [-0.1, -0.05) is 48.5 Å². The van der Waals surface area contributed by atoms with Crippen LogP contribution in [-0.2, 0) is 0 Å². The fourth-order valence-corrected chi connectivity index (χ4v) is 5.79. The van der Waals surface area contributed by atoms with Gasteiger partial charge in [0.15, 0.2) is 0 Å². The number of benzene rings is 4. The van der Waals surface area contributed by atoms with Gasteiger partial charge in [-0.15, -0.1) is 0 Å². The summed E-state index contributed by atoms with van der Waals surface area (Å²) in [5, 5.41) is 9.25. The Morgan fingerprint density at radius 1 is 0.564 bits per heavy atom. The van der Waals surface area contributed by atoms with E-state index < -0.39 is 0 Å². The molecule has 6 nitrogen and oxygen atoms in total. The summed E-state index contributed by atoms with van der Waals surface area (Å²) in [5.41, 5.74) is 6.58. The number of methoxy groups -OCH3 is 1. The van der Waals surface area contributed by atoms with Crippen molar-refractivity contribution in [1.29, 1.82) is 0 Å². The first-order chi connectivity index (χ1) is 19.3. The Morgan fingerprint density at radius 3 is 1.92 bits per heavy atom. The summed E-state index contributed by atoms with van der Waals surface area (Å²) >= 11 is 0. The zero-order chi connectivity index (χ0) is 25.9. The first kappa shape index (κ1) is 21.7. The third-order valence-corrected chi connectivity index (χ3v) is 7.52. The molecule has 0 unspecified atom stereocenters. The van der Waals surface area contributed by atoms with Crippen LogP contribution in [0.25, 0.3) is 60.8 Å². The number of pyridine rings is 1. The molecule has 4 aromatic heterocycles. The molecule has 0 saturated carbocycles. The van der Waals surface area contributed by atoms with Crippen molar-refractivity contribution in [1.82, 2.24) is 23.9 Å². The molecule has 0 fully saturated rings. The van der Waals surface area contributed by atoms with E-state index in [4.69, 9.17) is 9.72 Å². The van der Waals surface area contributed by atoms with Gasteiger partial charge in [-0.05, 0) is 48.5 Å². The van der Waals surface area contributed by atoms with Crippen molar-refractivity contribution < 1.29 is 4.74 Å². The van der Waals surface area contributed by atoms with Gasteiger partial charge < -0.3 is 9.30 Å². The van der Waals surface area contributed by atoms with Crippen molar-refractivity contribution in [3.8, 4) is 22.9 Å². The number of aromatic nitrogens is 5. The maximum atomic E-state index is 5.53. The van der Waals surface area contributed by atoms with E-state index in [2.05, 4.69) is 99.2 Å². The van der Waals surface area contributed by atoms with Crippen LogP contribution in [0.4, 0.5) is 0 Å². The van der Waals surface area contributed by atoms with Crippen LogP contribution in [0.1, 0.15) is 0 Å². The quantitative estimate of drug-likeness (QED) is 0.249. The second kappa shape index (κ2) is 8.33. The smallest absolute Gasteiger partial charge is 0.141 e. The molecule has 6 heteroatoms. The van der Waals surface area contributed by atoms with Crippen molar-refractivity contribution in [2.24, 2.45) is 0 Å². The molecule has 4 heterocycles. The highest BCUT2D eigenvalue weighted by Gasteiger charge is 2.17. The van der Waals surface area contributed by atoms with Gasteiger partial charge in [0.25, 0.3) is 0 Å². The lowest BCUT2D eigenvalue weighted by Gasteiger charge is -2.12. The predicted molar refractivity (Wildman–Crippen MR) is 157 cm³/mol.